The third-order valence-electron chi connectivity index (χ3n) is 3.78. The number of carboxylic acids is 1. The quantitative estimate of drug-likeness (QED) is 0.688. The summed E-state index contributed by atoms with van der Waals surface area (Å²) in [5, 5.41) is 12.7. The van der Waals surface area contributed by atoms with Crippen molar-refractivity contribution in [3.05, 3.63) is 60.4 Å². The number of nitrogens with one attached hydrogen (secondary N) is 1. The zero-order chi connectivity index (χ0) is 18.7. The van der Waals surface area contributed by atoms with Crippen molar-refractivity contribution in [2.24, 2.45) is 0 Å². The molecule has 0 aliphatic heterocycles. The molecule has 0 fully saturated rings. The monoisotopic (exact) mass is 372 g/mol. The van der Waals surface area contributed by atoms with Crippen molar-refractivity contribution < 1.29 is 22.8 Å². The van der Waals surface area contributed by atoms with Crippen LogP contribution in [0.3, 0.4) is 0 Å². The number of aryl methyl sites for hydroxylation is 1. The fraction of sp³-hybridized carbons (Fsp3) is 0.111. The van der Waals surface area contributed by atoms with Crippen molar-refractivity contribution in [1.29, 1.82) is 0 Å². The average Bonchev–Trinajstić information content (AvgIpc) is 3.02. The van der Waals surface area contributed by atoms with Gasteiger partial charge in [0.05, 0.1) is 10.5 Å². The van der Waals surface area contributed by atoms with E-state index < -0.39 is 22.5 Å². The van der Waals surface area contributed by atoms with Crippen LogP contribution < -0.4 is 4.72 Å². The van der Waals surface area contributed by atoms with E-state index in [4.69, 9.17) is 9.63 Å². The Morgan fingerprint density at radius 1 is 1.08 bits per heavy atom. The van der Waals surface area contributed by atoms with Crippen LogP contribution in [0.2, 0.25) is 0 Å². The lowest BCUT2D eigenvalue weighted by atomic mass is 10.00. The second-order valence-electron chi connectivity index (χ2n) is 5.57. The van der Waals surface area contributed by atoms with Crippen molar-refractivity contribution >= 4 is 16.0 Å². The van der Waals surface area contributed by atoms with Crippen LogP contribution in [-0.4, -0.2) is 31.2 Å². The van der Waals surface area contributed by atoms with Gasteiger partial charge in [-0.3, -0.25) is 4.79 Å². The van der Waals surface area contributed by atoms with Crippen molar-refractivity contribution in [3.63, 3.8) is 0 Å². The normalized spacial score (nSPS) is 11.4. The molecule has 0 amide bonds. The molecule has 0 unspecified atom stereocenters. The maximum atomic E-state index is 12.1. The minimum atomic E-state index is -3.88. The van der Waals surface area contributed by atoms with Gasteiger partial charge in [-0.2, -0.15) is 4.72 Å². The second kappa shape index (κ2) is 7.11. The first-order valence-corrected chi connectivity index (χ1v) is 9.20. The molecule has 0 aliphatic rings. The Balaban J connectivity index is 1.96. The molecule has 2 aromatic carbocycles. The van der Waals surface area contributed by atoms with Crippen molar-refractivity contribution in [2.45, 2.75) is 11.8 Å². The van der Waals surface area contributed by atoms with Gasteiger partial charge >= 0.3 is 5.97 Å². The van der Waals surface area contributed by atoms with Crippen molar-refractivity contribution in [1.82, 2.24) is 9.88 Å². The summed E-state index contributed by atoms with van der Waals surface area (Å²) in [6.45, 7) is 1.11. The molecular formula is C18H16N2O5S. The number of carboxylic acid groups (broad SMARTS) is 1. The summed E-state index contributed by atoms with van der Waals surface area (Å²) in [7, 11) is -3.88. The molecule has 0 aliphatic carbocycles. The van der Waals surface area contributed by atoms with Crippen molar-refractivity contribution in [2.75, 3.05) is 6.54 Å². The Labute approximate surface area is 150 Å². The first-order chi connectivity index (χ1) is 12.4. The summed E-state index contributed by atoms with van der Waals surface area (Å²) in [6.07, 6.45) is 0. The first-order valence-electron chi connectivity index (χ1n) is 7.72. The number of rotatable bonds is 6. The lowest BCUT2D eigenvalue weighted by Crippen LogP contribution is -2.29. The minimum Gasteiger partial charge on any atom is -0.480 e. The van der Waals surface area contributed by atoms with Gasteiger partial charge in [0.1, 0.15) is 18.0 Å². The molecule has 2 N–H and O–H groups in total. The molecule has 1 heterocycles. The summed E-state index contributed by atoms with van der Waals surface area (Å²) in [5.41, 5.74) is 3.08. The predicted molar refractivity (Wildman–Crippen MR) is 94.9 cm³/mol. The Hall–Kier alpha value is -2.97. The molecule has 0 saturated heterocycles. The van der Waals surface area contributed by atoms with E-state index in [9.17, 15) is 13.2 Å². The fourth-order valence-corrected chi connectivity index (χ4v) is 3.52. The van der Waals surface area contributed by atoms with Crippen LogP contribution in [0.1, 0.15) is 5.76 Å². The van der Waals surface area contributed by atoms with Crippen LogP contribution >= 0.6 is 0 Å². The molecule has 1 aromatic heterocycles. The Morgan fingerprint density at radius 3 is 2.35 bits per heavy atom. The largest absolute Gasteiger partial charge is 0.480 e. The van der Waals surface area contributed by atoms with Gasteiger partial charge in [0.15, 0.2) is 0 Å². The standard InChI is InChI=1S/C18H16N2O5S/c1-12-17(18(20-25-12)14-5-3-2-4-6-14)13-7-9-15(10-8-13)26(23,24)19-11-16(21)22/h2-10,19H,11H2,1H3,(H,21,22). The van der Waals surface area contributed by atoms with Crippen molar-refractivity contribution in [3.8, 4) is 22.4 Å². The third kappa shape index (κ3) is 3.66. The highest BCUT2D eigenvalue weighted by atomic mass is 32.2. The zero-order valence-corrected chi connectivity index (χ0v) is 14.7. The number of nitrogens with zero attached hydrogens (tertiary/aromatic N) is 1. The zero-order valence-electron chi connectivity index (χ0n) is 13.8. The number of sulfonamides is 1. The van der Waals surface area contributed by atoms with Gasteiger partial charge < -0.3 is 9.63 Å². The van der Waals surface area contributed by atoms with Gasteiger partial charge in [0.2, 0.25) is 10.0 Å². The summed E-state index contributed by atoms with van der Waals surface area (Å²) in [5.74, 6) is -0.638. The molecule has 3 aromatic rings. The lowest BCUT2D eigenvalue weighted by Gasteiger charge is -2.07. The van der Waals surface area contributed by atoms with Gasteiger partial charge in [-0.05, 0) is 24.6 Å². The molecule has 26 heavy (non-hydrogen) atoms. The van der Waals surface area contributed by atoms with E-state index in [2.05, 4.69) is 5.16 Å². The molecule has 0 atom stereocenters. The molecule has 0 saturated carbocycles. The highest BCUT2D eigenvalue weighted by Gasteiger charge is 2.19. The topological polar surface area (TPSA) is 110 Å². The molecule has 7 nitrogen and oxygen atoms in total. The number of carbonyl (C=O) groups is 1. The van der Waals surface area contributed by atoms with Gasteiger partial charge in [-0.25, -0.2) is 8.42 Å². The van der Waals surface area contributed by atoms with Crippen LogP contribution in [0.15, 0.2) is 64.0 Å². The fourth-order valence-electron chi connectivity index (χ4n) is 2.55. The third-order valence-corrected chi connectivity index (χ3v) is 5.19. The maximum Gasteiger partial charge on any atom is 0.318 e. The van der Waals surface area contributed by atoms with Crippen LogP contribution in [-0.2, 0) is 14.8 Å². The van der Waals surface area contributed by atoms with E-state index in [1.165, 1.54) is 12.1 Å². The first kappa shape index (κ1) is 17.8. The van der Waals surface area contributed by atoms with E-state index in [0.717, 1.165) is 16.7 Å². The molecule has 134 valence electrons. The summed E-state index contributed by atoms with van der Waals surface area (Å²) >= 11 is 0. The molecule has 0 spiro atoms. The summed E-state index contributed by atoms with van der Waals surface area (Å²) in [4.78, 5) is 10.5. The molecule has 0 bridgehead atoms. The second-order valence-corrected chi connectivity index (χ2v) is 7.34. The Morgan fingerprint density at radius 2 is 1.73 bits per heavy atom. The summed E-state index contributed by atoms with van der Waals surface area (Å²) in [6, 6.07) is 15.6. The predicted octanol–water partition coefficient (Wildman–Crippen LogP) is 2.68. The SMILES string of the molecule is Cc1onc(-c2ccccc2)c1-c1ccc(S(=O)(=O)NCC(=O)O)cc1. The van der Waals surface area contributed by atoms with E-state index in [1.54, 1.807) is 19.1 Å². The molecule has 3 rings (SSSR count). The average molecular weight is 372 g/mol. The Kier molecular flexibility index (Phi) is 4.88. The Bertz CT molecular complexity index is 1030. The van der Waals surface area contributed by atoms with Crippen LogP contribution in [0.5, 0.6) is 0 Å². The summed E-state index contributed by atoms with van der Waals surface area (Å²) < 4.78 is 31.5. The number of aliphatic carboxylic acids is 1. The smallest absolute Gasteiger partial charge is 0.318 e. The maximum absolute atomic E-state index is 12.1. The van der Waals surface area contributed by atoms with Gasteiger partial charge in [0, 0.05) is 5.56 Å². The highest BCUT2D eigenvalue weighted by molar-refractivity contribution is 7.89. The molecular weight excluding hydrogens is 356 g/mol. The number of hydrogen-bond acceptors (Lipinski definition) is 5. The van der Waals surface area contributed by atoms with Crippen LogP contribution in [0, 0.1) is 6.92 Å². The molecule has 0 radical (unpaired) electrons. The van der Waals surface area contributed by atoms with E-state index >= 15 is 0 Å². The molecule has 8 heteroatoms. The number of benzene rings is 2. The minimum absolute atomic E-state index is 0.0159. The van der Waals surface area contributed by atoms with Crippen LogP contribution in [0.25, 0.3) is 22.4 Å². The lowest BCUT2D eigenvalue weighted by molar-refractivity contribution is -0.135. The van der Waals surface area contributed by atoms with E-state index in [0.29, 0.717) is 11.5 Å². The van der Waals surface area contributed by atoms with Gasteiger partial charge in [-0.15, -0.1) is 0 Å². The van der Waals surface area contributed by atoms with E-state index in [-0.39, 0.29) is 4.90 Å². The van der Waals surface area contributed by atoms with Gasteiger partial charge in [0.25, 0.3) is 0 Å². The number of aromatic nitrogens is 1. The van der Waals surface area contributed by atoms with Crippen LogP contribution in [0.4, 0.5) is 0 Å². The highest BCUT2D eigenvalue weighted by Crippen LogP contribution is 2.34. The van der Waals surface area contributed by atoms with E-state index in [1.807, 2.05) is 35.1 Å². The van der Waals surface area contributed by atoms with Gasteiger partial charge in [-0.1, -0.05) is 47.6 Å². The number of hydrogen-bond donors (Lipinski definition) is 2.